The average Bonchev–Trinajstić information content (AvgIpc) is 1.96. The van der Waals surface area contributed by atoms with Crippen LogP contribution in [0.4, 0.5) is 4.79 Å². The predicted octanol–water partition coefficient (Wildman–Crippen LogP) is 0.459. The average molecular weight is 203 g/mol. The summed E-state index contributed by atoms with van der Waals surface area (Å²) in [5.41, 5.74) is -0.615. The van der Waals surface area contributed by atoms with Crippen LogP contribution in [0.25, 0.3) is 0 Å². The minimum absolute atomic E-state index is 0.467. The molecular weight excluding hydrogens is 186 g/mol. The zero-order valence-electron chi connectivity index (χ0n) is 8.90. The number of carbonyl (C=O) groups is 2. The van der Waals surface area contributed by atoms with Gasteiger partial charge in [0.05, 0.1) is 6.10 Å². The van der Waals surface area contributed by atoms with E-state index in [1.807, 2.05) is 0 Å². The molecule has 2 unspecified atom stereocenters. The number of alkyl carbamates (subject to hydrolysis) is 1. The van der Waals surface area contributed by atoms with Gasteiger partial charge in [0.2, 0.25) is 0 Å². The fourth-order valence-corrected chi connectivity index (χ4v) is 0.712. The van der Waals surface area contributed by atoms with E-state index in [9.17, 15) is 9.59 Å². The molecule has 0 aromatic carbocycles. The Morgan fingerprint density at radius 1 is 1.50 bits per heavy atom. The first-order valence-corrected chi connectivity index (χ1v) is 4.39. The van der Waals surface area contributed by atoms with Gasteiger partial charge in [-0.3, -0.25) is 0 Å². The summed E-state index contributed by atoms with van der Waals surface area (Å²) in [6, 6.07) is -0.926. The van der Waals surface area contributed by atoms with Crippen molar-refractivity contribution in [2.45, 2.75) is 45.4 Å². The number of ether oxygens (including phenoxy) is 1. The number of rotatable bonds is 3. The Morgan fingerprint density at radius 2 is 2.00 bits per heavy atom. The van der Waals surface area contributed by atoms with Gasteiger partial charge in [-0.15, -0.1) is 0 Å². The summed E-state index contributed by atoms with van der Waals surface area (Å²) in [5, 5.41) is 11.3. The second-order valence-corrected chi connectivity index (χ2v) is 4.05. The maximum absolute atomic E-state index is 11.1. The molecule has 14 heavy (non-hydrogen) atoms. The van der Waals surface area contributed by atoms with E-state index in [1.54, 1.807) is 20.8 Å². The normalized spacial score (nSPS) is 15.5. The van der Waals surface area contributed by atoms with E-state index in [4.69, 9.17) is 9.84 Å². The van der Waals surface area contributed by atoms with Gasteiger partial charge in [0.1, 0.15) is 17.9 Å². The highest BCUT2D eigenvalue weighted by atomic mass is 16.6. The molecule has 1 amide bonds. The van der Waals surface area contributed by atoms with Crippen LogP contribution in [0.2, 0.25) is 0 Å². The van der Waals surface area contributed by atoms with Gasteiger partial charge in [0.15, 0.2) is 0 Å². The quantitative estimate of drug-likeness (QED) is 0.653. The maximum Gasteiger partial charge on any atom is 0.408 e. The molecule has 0 heterocycles. The third-order valence-corrected chi connectivity index (χ3v) is 1.35. The van der Waals surface area contributed by atoms with Gasteiger partial charge in [-0.25, -0.2) is 4.79 Å². The number of hydrogen-bond acceptors (Lipinski definition) is 4. The van der Waals surface area contributed by atoms with E-state index in [-0.39, 0.29) is 0 Å². The van der Waals surface area contributed by atoms with Crippen molar-refractivity contribution in [3.63, 3.8) is 0 Å². The lowest BCUT2D eigenvalue weighted by Crippen LogP contribution is -2.45. The molecule has 0 saturated carbocycles. The van der Waals surface area contributed by atoms with Crippen molar-refractivity contribution in [3.05, 3.63) is 0 Å². The molecule has 2 atom stereocenters. The van der Waals surface area contributed by atoms with Crippen LogP contribution >= 0.6 is 0 Å². The largest absolute Gasteiger partial charge is 0.444 e. The summed E-state index contributed by atoms with van der Waals surface area (Å²) in [7, 11) is 0. The van der Waals surface area contributed by atoms with Crippen molar-refractivity contribution in [1.29, 1.82) is 0 Å². The number of carbonyl (C=O) groups excluding carboxylic acids is 2. The molecule has 0 aliphatic carbocycles. The smallest absolute Gasteiger partial charge is 0.408 e. The molecule has 5 heteroatoms. The predicted molar refractivity (Wildman–Crippen MR) is 50.9 cm³/mol. The molecule has 0 radical (unpaired) electrons. The summed E-state index contributed by atoms with van der Waals surface area (Å²) >= 11 is 0. The van der Waals surface area contributed by atoms with Crippen LogP contribution in [0.1, 0.15) is 27.7 Å². The molecular formula is C9H17NO4. The third-order valence-electron chi connectivity index (χ3n) is 1.35. The highest BCUT2D eigenvalue weighted by Crippen LogP contribution is 2.06. The van der Waals surface area contributed by atoms with Crippen LogP contribution in [0.5, 0.6) is 0 Å². The fourth-order valence-electron chi connectivity index (χ4n) is 0.712. The molecule has 0 bridgehead atoms. The molecule has 0 aromatic rings. The van der Waals surface area contributed by atoms with E-state index in [1.165, 1.54) is 6.92 Å². The Balaban J connectivity index is 4.11. The van der Waals surface area contributed by atoms with Crippen LogP contribution in [-0.4, -0.2) is 35.2 Å². The Kier molecular flexibility index (Phi) is 4.56. The lowest BCUT2D eigenvalue weighted by atomic mass is 10.2. The standard InChI is InChI=1S/C9H17NO4/c1-6(12)7(5-11)10-8(13)14-9(2,3)4/h5-7,12H,1-4H3,(H,10,13). The van der Waals surface area contributed by atoms with E-state index in [0.29, 0.717) is 6.29 Å². The van der Waals surface area contributed by atoms with Gasteiger partial charge in [-0.2, -0.15) is 0 Å². The minimum Gasteiger partial charge on any atom is -0.444 e. The zero-order chi connectivity index (χ0) is 11.4. The molecule has 0 aromatic heterocycles. The summed E-state index contributed by atoms with van der Waals surface area (Å²) in [5.74, 6) is 0. The van der Waals surface area contributed by atoms with Crippen molar-refractivity contribution in [2.75, 3.05) is 0 Å². The number of hydrogen-bond donors (Lipinski definition) is 2. The van der Waals surface area contributed by atoms with Gasteiger partial charge in [-0.05, 0) is 27.7 Å². The maximum atomic E-state index is 11.1. The van der Waals surface area contributed by atoms with E-state index >= 15 is 0 Å². The van der Waals surface area contributed by atoms with Gasteiger partial charge in [-0.1, -0.05) is 0 Å². The number of aliphatic hydroxyl groups is 1. The van der Waals surface area contributed by atoms with Crippen LogP contribution in [0, 0.1) is 0 Å². The van der Waals surface area contributed by atoms with Crippen LogP contribution < -0.4 is 5.32 Å². The van der Waals surface area contributed by atoms with Crippen molar-refractivity contribution < 1.29 is 19.4 Å². The Hall–Kier alpha value is -1.10. The first-order chi connectivity index (χ1) is 6.26. The monoisotopic (exact) mass is 203 g/mol. The number of aldehydes is 1. The summed E-state index contributed by atoms with van der Waals surface area (Å²) in [4.78, 5) is 21.5. The minimum atomic E-state index is -0.931. The highest BCUT2D eigenvalue weighted by Gasteiger charge is 2.21. The first-order valence-electron chi connectivity index (χ1n) is 4.39. The number of amides is 1. The van der Waals surface area contributed by atoms with Crippen molar-refractivity contribution >= 4 is 12.4 Å². The Labute approximate surface area is 83.4 Å². The van der Waals surface area contributed by atoms with Gasteiger partial charge < -0.3 is 20.0 Å². The summed E-state index contributed by atoms with van der Waals surface area (Å²) < 4.78 is 4.90. The Bertz CT molecular complexity index is 207. The zero-order valence-corrected chi connectivity index (χ0v) is 8.90. The van der Waals surface area contributed by atoms with E-state index < -0.39 is 23.8 Å². The van der Waals surface area contributed by atoms with Crippen LogP contribution in [-0.2, 0) is 9.53 Å². The summed E-state index contributed by atoms with van der Waals surface area (Å²) in [6.45, 7) is 6.55. The molecule has 0 saturated heterocycles. The van der Waals surface area contributed by atoms with Gasteiger partial charge in [0.25, 0.3) is 0 Å². The molecule has 0 aliphatic heterocycles. The second-order valence-electron chi connectivity index (χ2n) is 4.05. The molecule has 82 valence electrons. The van der Waals surface area contributed by atoms with E-state index in [2.05, 4.69) is 5.32 Å². The SMILES string of the molecule is CC(O)C(C=O)NC(=O)OC(C)(C)C. The molecule has 0 aliphatic rings. The van der Waals surface area contributed by atoms with Crippen LogP contribution in [0.15, 0.2) is 0 Å². The number of nitrogens with one attached hydrogen (secondary N) is 1. The van der Waals surface area contributed by atoms with Crippen molar-refractivity contribution in [1.82, 2.24) is 5.32 Å². The Morgan fingerprint density at radius 3 is 2.29 bits per heavy atom. The topological polar surface area (TPSA) is 75.6 Å². The molecule has 0 spiro atoms. The van der Waals surface area contributed by atoms with Crippen molar-refractivity contribution in [3.8, 4) is 0 Å². The molecule has 2 N–H and O–H groups in total. The second kappa shape index (κ2) is 4.95. The fraction of sp³-hybridized carbons (Fsp3) is 0.778. The highest BCUT2D eigenvalue weighted by molar-refractivity contribution is 5.73. The lowest BCUT2D eigenvalue weighted by Gasteiger charge is -2.22. The molecule has 0 rings (SSSR count). The number of aliphatic hydroxyl groups excluding tert-OH is 1. The van der Waals surface area contributed by atoms with Gasteiger partial charge in [0, 0.05) is 0 Å². The molecule has 0 fully saturated rings. The first kappa shape index (κ1) is 12.9. The third kappa shape index (κ3) is 5.53. The summed E-state index contributed by atoms with van der Waals surface area (Å²) in [6.07, 6.45) is -1.18. The van der Waals surface area contributed by atoms with Crippen LogP contribution in [0.3, 0.4) is 0 Å². The van der Waals surface area contributed by atoms with Gasteiger partial charge >= 0.3 is 6.09 Å². The molecule has 5 nitrogen and oxygen atoms in total. The van der Waals surface area contributed by atoms with Crippen molar-refractivity contribution in [2.24, 2.45) is 0 Å². The van der Waals surface area contributed by atoms with E-state index in [0.717, 1.165) is 0 Å². The lowest BCUT2D eigenvalue weighted by molar-refractivity contribution is -0.111.